The monoisotopic (exact) mass is 234 g/mol. The molecular weight excluding hydrogens is 222 g/mol. The lowest BCUT2D eigenvalue weighted by Crippen LogP contribution is -2.46. The van der Waals surface area contributed by atoms with Crippen LogP contribution in [0, 0.1) is 0 Å². The Morgan fingerprint density at radius 2 is 2.12 bits per heavy atom. The maximum atomic E-state index is 10.9. The number of benzene rings is 1. The van der Waals surface area contributed by atoms with E-state index in [0.29, 0.717) is 5.71 Å². The molecule has 0 N–H and O–H groups in total. The third-order valence-electron chi connectivity index (χ3n) is 2.72. The number of ether oxygens (including phenoxy) is 1. The van der Waals surface area contributed by atoms with Crippen molar-refractivity contribution in [2.45, 2.75) is 18.9 Å². The molecule has 0 unspecified atom stereocenters. The molecule has 0 aliphatic carbocycles. The van der Waals surface area contributed by atoms with E-state index in [2.05, 4.69) is 5.16 Å². The van der Waals surface area contributed by atoms with E-state index in [1.165, 1.54) is 6.92 Å². The normalized spacial score (nSPS) is 22.8. The number of aliphatic carboxylic acids is 1. The van der Waals surface area contributed by atoms with Gasteiger partial charge >= 0.3 is 0 Å². The Morgan fingerprint density at radius 3 is 2.59 bits per heavy atom. The van der Waals surface area contributed by atoms with E-state index in [0.717, 1.165) is 11.3 Å². The van der Waals surface area contributed by atoms with Gasteiger partial charge < -0.3 is 19.5 Å². The number of nitrogens with zero attached hydrogens (tertiary/aromatic N) is 1. The van der Waals surface area contributed by atoms with Crippen molar-refractivity contribution < 1.29 is 19.5 Å². The van der Waals surface area contributed by atoms with Crippen LogP contribution >= 0.6 is 0 Å². The molecule has 1 aromatic carbocycles. The van der Waals surface area contributed by atoms with Crippen LogP contribution in [0.25, 0.3) is 0 Å². The topological polar surface area (TPSA) is 71.0 Å². The van der Waals surface area contributed by atoms with E-state index < -0.39 is 11.6 Å². The second kappa shape index (κ2) is 4.08. The fraction of sp³-hybridized carbons (Fsp3) is 0.333. The summed E-state index contributed by atoms with van der Waals surface area (Å²) in [5.41, 5.74) is 0.0463. The summed E-state index contributed by atoms with van der Waals surface area (Å²) in [5.74, 6) is -0.527. The number of hydrogen-bond donors (Lipinski definition) is 0. The molecule has 0 saturated heterocycles. The van der Waals surface area contributed by atoms with Gasteiger partial charge in [-0.3, -0.25) is 0 Å². The zero-order chi connectivity index (χ0) is 12.5. The maximum absolute atomic E-state index is 10.9. The molecule has 1 aliphatic heterocycles. The number of carboxylic acids is 1. The molecule has 0 fully saturated rings. The highest BCUT2D eigenvalue weighted by atomic mass is 16.7. The number of carboxylic acid groups (broad SMARTS) is 1. The van der Waals surface area contributed by atoms with E-state index in [1.807, 2.05) is 12.1 Å². The van der Waals surface area contributed by atoms with Crippen LogP contribution in [-0.2, 0) is 9.63 Å². The number of rotatable bonds is 3. The lowest BCUT2D eigenvalue weighted by atomic mass is 9.96. The molecule has 2 rings (SSSR count). The van der Waals surface area contributed by atoms with Gasteiger partial charge in [0, 0.05) is 6.42 Å². The summed E-state index contributed by atoms with van der Waals surface area (Å²) >= 11 is 0. The largest absolute Gasteiger partial charge is 0.546 e. The van der Waals surface area contributed by atoms with Crippen LogP contribution in [0.2, 0.25) is 0 Å². The molecule has 1 heterocycles. The van der Waals surface area contributed by atoms with E-state index in [9.17, 15) is 9.90 Å². The molecule has 5 nitrogen and oxygen atoms in total. The summed E-state index contributed by atoms with van der Waals surface area (Å²) in [6.07, 6.45) is 0.196. The smallest absolute Gasteiger partial charge is 0.179 e. The molecule has 1 aromatic rings. The summed E-state index contributed by atoms with van der Waals surface area (Å²) in [7, 11) is 1.58. The van der Waals surface area contributed by atoms with Crippen molar-refractivity contribution in [2.24, 2.45) is 5.16 Å². The summed E-state index contributed by atoms with van der Waals surface area (Å²) in [4.78, 5) is 15.8. The van der Waals surface area contributed by atoms with Gasteiger partial charge in [-0.25, -0.2) is 0 Å². The second-order valence-electron chi connectivity index (χ2n) is 4.05. The van der Waals surface area contributed by atoms with Crippen molar-refractivity contribution in [3.05, 3.63) is 29.8 Å². The van der Waals surface area contributed by atoms with E-state index in [-0.39, 0.29) is 6.42 Å². The standard InChI is InChI=1S/C12H13NO4/c1-12(11(14)15)7-10(13-17-12)8-3-5-9(16-2)6-4-8/h3-6H,7H2,1-2H3,(H,14,15)/p-1/t12-/m0/s1. The van der Waals surface area contributed by atoms with Crippen LogP contribution in [0.3, 0.4) is 0 Å². The van der Waals surface area contributed by atoms with Crippen molar-refractivity contribution in [2.75, 3.05) is 7.11 Å². The van der Waals surface area contributed by atoms with Crippen molar-refractivity contribution in [1.29, 1.82) is 0 Å². The van der Waals surface area contributed by atoms with Crippen molar-refractivity contribution in [3.8, 4) is 5.75 Å². The SMILES string of the molecule is COc1ccc(C2=NO[C@](C)(C(=O)[O-])C2)cc1. The Hall–Kier alpha value is -2.04. The maximum Gasteiger partial charge on any atom is 0.179 e. The molecule has 17 heavy (non-hydrogen) atoms. The molecule has 90 valence electrons. The van der Waals surface area contributed by atoms with Crippen molar-refractivity contribution in [1.82, 2.24) is 0 Å². The first-order valence-electron chi connectivity index (χ1n) is 5.16. The molecule has 0 saturated carbocycles. The lowest BCUT2D eigenvalue weighted by molar-refractivity contribution is -0.324. The molecule has 0 amide bonds. The molecule has 0 radical (unpaired) electrons. The summed E-state index contributed by atoms with van der Waals surface area (Å²) in [6.45, 7) is 1.45. The van der Waals surface area contributed by atoms with Gasteiger partial charge in [0.05, 0.1) is 18.8 Å². The zero-order valence-electron chi connectivity index (χ0n) is 9.60. The number of hydrogen-bond acceptors (Lipinski definition) is 5. The van der Waals surface area contributed by atoms with E-state index in [1.54, 1.807) is 19.2 Å². The summed E-state index contributed by atoms with van der Waals surface area (Å²) in [5, 5.41) is 14.7. The van der Waals surface area contributed by atoms with Gasteiger partial charge in [-0.1, -0.05) is 5.16 Å². The molecule has 0 bridgehead atoms. The Kier molecular flexibility index (Phi) is 2.75. The van der Waals surface area contributed by atoms with Gasteiger partial charge in [0.15, 0.2) is 5.60 Å². The molecule has 1 atom stereocenters. The highest BCUT2D eigenvalue weighted by Gasteiger charge is 2.36. The molecular formula is C12H12NO4-. The first-order valence-corrected chi connectivity index (χ1v) is 5.16. The predicted molar refractivity (Wildman–Crippen MR) is 58.6 cm³/mol. The van der Waals surface area contributed by atoms with E-state index >= 15 is 0 Å². The van der Waals surface area contributed by atoms with Crippen molar-refractivity contribution in [3.63, 3.8) is 0 Å². The number of methoxy groups -OCH3 is 1. The minimum atomic E-state index is -1.37. The third kappa shape index (κ3) is 2.08. The van der Waals surface area contributed by atoms with Crippen molar-refractivity contribution >= 4 is 11.7 Å². The molecule has 1 aliphatic rings. The average Bonchev–Trinajstić information content (AvgIpc) is 2.74. The fourth-order valence-electron chi connectivity index (χ4n) is 1.59. The van der Waals surface area contributed by atoms with Crippen LogP contribution < -0.4 is 9.84 Å². The number of carbonyl (C=O) groups excluding carboxylic acids is 1. The Bertz CT molecular complexity index is 466. The Labute approximate surface area is 98.6 Å². The van der Waals surface area contributed by atoms with Gasteiger partial charge in [0.1, 0.15) is 5.75 Å². The molecule has 0 spiro atoms. The Morgan fingerprint density at radius 1 is 1.47 bits per heavy atom. The van der Waals surface area contributed by atoms with Gasteiger partial charge in [-0.15, -0.1) is 0 Å². The van der Waals surface area contributed by atoms with Crippen LogP contribution in [0.15, 0.2) is 29.4 Å². The molecule has 0 aromatic heterocycles. The second-order valence-corrected chi connectivity index (χ2v) is 4.05. The fourth-order valence-corrected chi connectivity index (χ4v) is 1.59. The highest BCUT2D eigenvalue weighted by Crippen LogP contribution is 2.26. The summed E-state index contributed by atoms with van der Waals surface area (Å²) in [6, 6.07) is 7.18. The van der Waals surface area contributed by atoms with Gasteiger partial charge in [0.25, 0.3) is 0 Å². The van der Waals surface area contributed by atoms with Gasteiger partial charge in [0.2, 0.25) is 0 Å². The third-order valence-corrected chi connectivity index (χ3v) is 2.72. The average molecular weight is 234 g/mol. The van der Waals surface area contributed by atoms with Gasteiger partial charge in [-0.05, 0) is 36.8 Å². The summed E-state index contributed by atoms with van der Waals surface area (Å²) < 4.78 is 5.04. The quantitative estimate of drug-likeness (QED) is 0.755. The predicted octanol–water partition coefficient (Wildman–Crippen LogP) is 0.328. The minimum absolute atomic E-state index is 0.196. The van der Waals surface area contributed by atoms with Crippen LogP contribution in [-0.4, -0.2) is 24.4 Å². The van der Waals surface area contributed by atoms with Crippen LogP contribution in [0.1, 0.15) is 18.9 Å². The minimum Gasteiger partial charge on any atom is -0.546 e. The number of oxime groups is 1. The molecule has 5 heteroatoms. The first kappa shape index (κ1) is 11.4. The zero-order valence-corrected chi connectivity index (χ0v) is 9.60. The Balaban J connectivity index is 2.17. The number of carbonyl (C=O) groups is 1. The van der Waals surface area contributed by atoms with Gasteiger partial charge in [-0.2, -0.15) is 0 Å². The lowest BCUT2D eigenvalue weighted by Gasteiger charge is -2.21. The van der Waals surface area contributed by atoms with E-state index in [4.69, 9.17) is 9.57 Å². The first-order chi connectivity index (χ1) is 8.05. The van der Waals surface area contributed by atoms with Crippen LogP contribution in [0.4, 0.5) is 0 Å². The highest BCUT2D eigenvalue weighted by molar-refractivity contribution is 6.04. The van der Waals surface area contributed by atoms with Crippen LogP contribution in [0.5, 0.6) is 5.75 Å².